The van der Waals surface area contributed by atoms with Crippen LogP contribution in [0.3, 0.4) is 0 Å². The number of hydrogen-bond donors (Lipinski definition) is 2. The molecule has 0 radical (unpaired) electrons. The van der Waals surface area contributed by atoms with Gasteiger partial charge in [0.1, 0.15) is 6.54 Å². The predicted octanol–water partition coefficient (Wildman–Crippen LogP) is 2.66. The van der Waals surface area contributed by atoms with E-state index in [2.05, 4.69) is 17.6 Å². The molecule has 2 N–H and O–H groups in total. The second-order valence-electron chi connectivity index (χ2n) is 6.44. The number of benzene rings is 2. The third-order valence-corrected chi connectivity index (χ3v) is 4.39. The molecule has 2 amide bonds. The van der Waals surface area contributed by atoms with Gasteiger partial charge in [0.05, 0.1) is 0 Å². The Morgan fingerprint density at radius 3 is 2.14 bits per heavy atom. The Labute approximate surface area is 165 Å². The minimum Gasteiger partial charge on any atom is -0.451 e. The Kier molecular flexibility index (Phi) is 8.21. The summed E-state index contributed by atoms with van der Waals surface area (Å²) < 4.78 is 5.10. The highest BCUT2D eigenvalue weighted by atomic mass is 16.5. The Bertz CT molecular complexity index is 778. The van der Waals surface area contributed by atoms with Gasteiger partial charge < -0.3 is 15.4 Å². The van der Waals surface area contributed by atoms with Gasteiger partial charge in [0.2, 0.25) is 0 Å². The highest BCUT2D eigenvalue weighted by Gasteiger charge is 2.19. The summed E-state index contributed by atoms with van der Waals surface area (Å²) in [6, 6.07) is 18.5. The van der Waals surface area contributed by atoms with Crippen molar-refractivity contribution in [1.82, 2.24) is 10.6 Å². The van der Waals surface area contributed by atoms with Gasteiger partial charge >= 0.3 is 5.97 Å². The lowest BCUT2D eigenvalue weighted by atomic mass is 9.96. The van der Waals surface area contributed by atoms with Gasteiger partial charge in [0, 0.05) is 18.0 Å². The average Bonchev–Trinajstić information content (AvgIpc) is 2.73. The molecule has 2 aromatic rings. The van der Waals surface area contributed by atoms with Crippen molar-refractivity contribution < 1.29 is 19.1 Å². The van der Waals surface area contributed by atoms with E-state index in [-0.39, 0.29) is 24.3 Å². The first-order valence-electron chi connectivity index (χ1n) is 9.36. The zero-order valence-corrected chi connectivity index (χ0v) is 16.2. The molecule has 0 aromatic heterocycles. The summed E-state index contributed by atoms with van der Waals surface area (Å²) in [7, 11) is 0. The largest absolute Gasteiger partial charge is 0.451 e. The summed E-state index contributed by atoms with van der Waals surface area (Å²) in [5.41, 5.74) is 1.60. The number of esters is 1. The molecule has 2 atom stereocenters. The van der Waals surface area contributed by atoms with E-state index < -0.39 is 12.1 Å². The van der Waals surface area contributed by atoms with Crippen LogP contribution in [0.4, 0.5) is 0 Å². The molecule has 0 spiro atoms. The van der Waals surface area contributed by atoms with Gasteiger partial charge in [0.25, 0.3) is 11.8 Å². The smallest absolute Gasteiger partial charge is 0.326 e. The van der Waals surface area contributed by atoms with Gasteiger partial charge in [0.15, 0.2) is 6.10 Å². The fourth-order valence-corrected chi connectivity index (χ4v) is 2.73. The molecule has 0 aliphatic carbocycles. The Hall–Kier alpha value is -3.15. The van der Waals surface area contributed by atoms with Crippen LogP contribution in [0.25, 0.3) is 0 Å². The number of hydrogen-bond acceptors (Lipinski definition) is 4. The maximum Gasteiger partial charge on any atom is 0.326 e. The number of amides is 2. The highest BCUT2D eigenvalue weighted by molar-refractivity contribution is 5.96. The SMILES string of the molecule is CC[C@@H](CNC(=O)[C@H](C)OC(=O)CNC(=O)c1ccccc1)c1ccccc1. The van der Waals surface area contributed by atoms with Crippen molar-refractivity contribution in [3.8, 4) is 0 Å². The van der Waals surface area contributed by atoms with E-state index in [0.29, 0.717) is 12.1 Å². The molecule has 0 bridgehead atoms. The summed E-state index contributed by atoms with van der Waals surface area (Å²) in [4.78, 5) is 36.0. The molecular formula is C22H26N2O4. The van der Waals surface area contributed by atoms with E-state index in [1.165, 1.54) is 6.92 Å². The summed E-state index contributed by atoms with van der Waals surface area (Å²) >= 11 is 0. The molecular weight excluding hydrogens is 356 g/mol. The molecule has 6 heteroatoms. The molecule has 0 saturated heterocycles. The number of ether oxygens (including phenoxy) is 1. The van der Waals surface area contributed by atoms with Crippen LogP contribution in [0.1, 0.15) is 42.1 Å². The topological polar surface area (TPSA) is 84.5 Å². The van der Waals surface area contributed by atoms with E-state index in [1.54, 1.807) is 30.3 Å². The van der Waals surface area contributed by atoms with Crippen LogP contribution in [0, 0.1) is 0 Å². The molecule has 0 saturated carbocycles. The Morgan fingerprint density at radius 2 is 1.54 bits per heavy atom. The standard InChI is InChI=1S/C22H26N2O4/c1-3-17(18-10-6-4-7-11-18)14-23-21(26)16(2)28-20(25)15-24-22(27)19-12-8-5-9-13-19/h4-13,16-17H,3,14-15H2,1-2H3,(H,23,26)(H,24,27)/t16-,17-/m0/s1. The van der Waals surface area contributed by atoms with Gasteiger partial charge in [-0.15, -0.1) is 0 Å². The lowest BCUT2D eigenvalue weighted by Crippen LogP contribution is -2.40. The fourth-order valence-electron chi connectivity index (χ4n) is 2.73. The second kappa shape index (κ2) is 10.9. The van der Waals surface area contributed by atoms with Crippen LogP contribution in [0.15, 0.2) is 60.7 Å². The number of rotatable bonds is 9. The van der Waals surface area contributed by atoms with Crippen molar-refractivity contribution >= 4 is 17.8 Å². The van der Waals surface area contributed by atoms with Crippen LogP contribution in [-0.4, -0.2) is 37.0 Å². The highest BCUT2D eigenvalue weighted by Crippen LogP contribution is 2.17. The summed E-state index contributed by atoms with van der Waals surface area (Å²) in [6.45, 7) is 3.73. The second-order valence-corrected chi connectivity index (χ2v) is 6.44. The van der Waals surface area contributed by atoms with Gasteiger partial charge in [-0.05, 0) is 31.0 Å². The molecule has 0 heterocycles. The van der Waals surface area contributed by atoms with Gasteiger partial charge in [-0.2, -0.15) is 0 Å². The summed E-state index contributed by atoms with van der Waals surface area (Å²) in [5.74, 6) is -1.21. The molecule has 0 aliphatic heterocycles. The Balaban J connectivity index is 1.75. The zero-order chi connectivity index (χ0) is 20.4. The average molecular weight is 382 g/mol. The van der Waals surface area contributed by atoms with Crippen LogP contribution >= 0.6 is 0 Å². The van der Waals surface area contributed by atoms with Crippen molar-refractivity contribution in [2.45, 2.75) is 32.3 Å². The molecule has 6 nitrogen and oxygen atoms in total. The van der Waals surface area contributed by atoms with Crippen molar-refractivity contribution in [3.63, 3.8) is 0 Å². The summed E-state index contributed by atoms with van der Waals surface area (Å²) in [6.07, 6.45) is -0.0568. The number of carbonyl (C=O) groups excluding carboxylic acids is 3. The lowest BCUT2D eigenvalue weighted by molar-refractivity contribution is -0.153. The Morgan fingerprint density at radius 1 is 0.929 bits per heavy atom. The van der Waals surface area contributed by atoms with Crippen LogP contribution < -0.4 is 10.6 Å². The van der Waals surface area contributed by atoms with Crippen molar-refractivity contribution in [1.29, 1.82) is 0 Å². The predicted molar refractivity (Wildman–Crippen MR) is 107 cm³/mol. The van der Waals surface area contributed by atoms with E-state index in [0.717, 1.165) is 12.0 Å². The van der Waals surface area contributed by atoms with Gasteiger partial charge in [-0.25, -0.2) is 0 Å². The first-order valence-corrected chi connectivity index (χ1v) is 9.36. The van der Waals surface area contributed by atoms with Gasteiger partial charge in [-0.3, -0.25) is 14.4 Å². The van der Waals surface area contributed by atoms with Crippen molar-refractivity contribution in [3.05, 3.63) is 71.8 Å². The molecule has 28 heavy (non-hydrogen) atoms. The maximum absolute atomic E-state index is 12.2. The van der Waals surface area contributed by atoms with Crippen LogP contribution in [-0.2, 0) is 14.3 Å². The minimum atomic E-state index is -0.936. The first-order chi connectivity index (χ1) is 13.5. The monoisotopic (exact) mass is 382 g/mol. The molecule has 0 aliphatic rings. The van der Waals surface area contributed by atoms with E-state index >= 15 is 0 Å². The summed E-state index contributed by atoms with van der Waals surface area (Å²) in [5, 5.41) is 5.30. The van der Waals surface area contributed by atoms with Crippen molar-refractivity contribution in [2.75, 3.05) is 13.1 Å². The van der Waals surface area contributed by atoms with Crippen LogP contribution in [0.5, 0.6) is 0 Å². The lowest BCUT2D eigenvalue weighted by Gasteiger charge is -2.18. The molecule has 0 fully saturated rings. The first kappa shape index (κ1) is 21.2. The van der Waals surface area contributed by atoms with E-state index in [4.69, 9.17) is 4.74 Å². The molecule has 2 aromatic carbocycles. The van der Waals surface area contributed by atoms with E-state index in [1.807, 2.05) is 30.3 Å². The zero-order valence-electron chi connectivity index (χ0n) is 16.2. The third kappa shape index (κ3) is 6.54. The van der Waals surface area contributed by atoms with Crippen molar-refractivity contribution in [2.24, 2.45) is 0 Å². The number of carbonyl (C=O) groups is 3. The quantitative estimate of drug-likeness (QED) is 0.653. The van der Waals surface area contributed by atoms with Crippen LogP contribution in [0.2, 0.25) is 0 Å². The maximum atomic E-state index is 12.2. The molecule has 0 unspecified atom stereocenters. The minimum absolute atomic E-state index is 0.193. The number of nitrogens with one attached hydrogen (secondary N) is 2. The van der Waals surface area contributed by atoms with E-state index in [9.17, 15) is 14.4 Å². The normalized spacial score (nSPS) is 12.5. The van der Waals surface area contributed by atoms with Gasteiger partial charge in [-0.1, -0.05) is 55.5 Å². The third-order valence-electron chi connectivity index (χ3n) is 4.39. The fraction of sp³-hybridized carbons (Fsp3) is 0.318. The molecule has 148 valence electrons. The molecule has 2 rings (SSSR count).